The molecule has 21 heavy (non-hydrogen) atoms. The molecule has 6 nitrogen and oxygen atoms in total. The largest absolute Gasteiger partial charge is 0.497 e. The number of benzene rings is 2. The second kappa shape index (κ2) is 6.51. The third kappa shape index (κ3) is 3.79. The molecule has 0 aliphatic heterocycles. The molecule has 0 aromatic heterocycles. The first-order valence-electron chi connectivity index (χ1n) is 6.26. The zero-order chi connectivity index (χ0) is 15.2. The van der Waals surface area contributed by atoms with Gasteiger partial charge in [-0.1, -0.05) is 0 Å². The van der Waals surface area contributed by atoms with E-state index in [1.807, 2.05) is 31.3 Å². The summed E-state index contributed by atoms with van der Waals surface area (Å²) in [5.74, 6) is 0.784. The fourth-order valence-electron chi connectivity index (χ4n) is 1.70. The fourth-order valence-corrected chi connectivity index (χ4v) is 1.70. The molecule has 0 aliphatic rings. The molecule has 0 saturated heterocycles. The Bertz CT molecular complexity index is 636. The minimum atomic E-state index is -0.426. The zero-order valence-electron chi connectivity index (χ0n) is 11.8. The van der Waals surface area contributed by atoms with Crippen LogP contribution >= 0.6 is 0 Å². The highest BCUT2D eigenvalue weighted by Gasteiger charge is 2.03. The van der Waals surface area contributed by atoms with E-state index in [1.165, 1.54) is 12.1 Å². The molecule has 108 valence electrons. The maximum atomic E-state index is 10.6. The molecule has 0 amide bonds. The summed E-state index contributed by atoms with van der Waals surface area (Å²) in [6.07, 6.45) is 1.65. The Morgan fingerprint density at radius 3 is 2.29 bits per heavy atom. The van der Waals surface area contributed by atoms with Crippen molar-refractivity contribution < 1.29 is 9.66 Å². The number of methoxy groups -OCH3 is 1. The van der Waals surface area contributed by atoms with Gasteiger partial charge >= 0.3 is 0 Å². The van der Waals surface area contributed by atoms with Crippen LogP contribution in [0.15, 0.2) is 53.6 Å². The number of rotatable bonds is 5. The average molecular weight is 285 g/mol. The molecule has 0 unspecified atom stereocenters. The highest BCUT2D eigenvalue weighted by Crippen LogP contribution is 2.18. The molecule has 0 bridgehead atoms. The summed E-state index contributed by atoms with van der Waals surface area (Å²) in [5, 5.41) is 16.6. The van der Waals surface area contributed by atoms with Gasteiger partial charge in [-0.3, -0.25) is 15.1 Å². The maximum Gasteiger partial charge on any atom is 0.269 e. The monoisotopic (exact) mass is 285 g/mol. The molecular weight excluding hydrogens is 270 g/mol. The van der Waals surface area contributed by atoms with E-state index in [0.717, 1.165) is 17.0 Å². The van der Waals surface area contributed by atoms with Crippen molar-refractivity contribution in [3.8, 4) is 5.75 Å². The molecule has 2 aromatic rings. The molecule has 0 atom stereocenters. The van der Waals surface area contributed by atoms with E-state index in [9.17, 15) is 10.1 Å². The van der Waals surface area contributed by atoms with Gasteiger partial charge in [0.15, 0.2) is 0 Å². The van der Waals surface area contributed by atoms with Crippen LogP contribution in [0.4, 0.5) is 11.4 Å². The van der Waals surface area contributed by atoms with Gasteiger partial charge in [-0.25, -0.2) is 0 Å². The normalized spacial score (nSPS) is 10.6. The van der Waals surface area contributed by atoms with Crippen LogP contribution < -0.4 is 9.75 Å². The number of non-ortho nitro benzene ring substituents is 1. The van der Waals surface area contributed by atoms with Gasteiger partial charge in [0.05, 0.1) is 23.9 Å². The van der Waals surface area contributed by atoms with E-state index in [0.29, 0.717) is 0 Å². The molecule has 0 heterocycles. The summed E-state index contributed by atoms with van der Waals surface area (Å²) < 4.78 is 5.10. The van der Waals surface area contributed by atoms with Gasteiger partial charge in [0.25, 0.3) is 5.69 Å². The molecule has 2 rings (SSSR count). The Morgan fingerprint density at radius 2 is 1.76 bits per heavy atom. The molecular formula is C15H15N3O3. The summed E-state index contributed by atoms with van der Waals surface area (Å²) in [7, 11) is 3.44. The zero-order valence-corrected chi connectivity index (χ0v) is 11.8. The smallest absolute Gasteiger partial charge is 0.269 e. The fraction of sp³-hybridized carbons (Fsp3) is 0.133. The maximum absolute atomic E-state index is 10.6. The number of hydrazone groups is 1. The third-order valence-electron chi connectivity index (χ3n) is 2.93. The predicted octanol–water partition coefficient (Wildman–Crippen LogP) is 3.07. The highest BCUT2D eigenvalue weighted by molar-refractivity contribution is 5.80. The lowest BCUT2D eigenvalue weighted by atomic mass is 10.2. The van der Waals surface area contributed by atoms with Crippen molar-refractivity contribution in [2.24, 2.45) is 5.10 Å². The number of nitrogens with zero attached hydrogens (tertiary/aromatic N) is 3. The molecule has 0 spiro atoms. The highest BCUT2D eigenvalue weighted by atomic mass is 16.6. The number of hydrogen-bond acceptors (Lipinski definition) is 5. The molecule has 0 N–H and O–H groups in total. The van der Waals surface area contributed by atoms with Crippen molar-refractivity contribution in [3.05, 3.63) is 64.2 Å². The second-order valence-electron chi connectivity index (χ2n) is 4.31. The van der Waals surface area contributed by atoms with E-state index in [-0.39, 0.29) is 5.69 Å². The van der Waals surface area contributed by atoms with Crippen molar-refractivity contribution in [2.45, 2.75) is 0 Å². The van der Waals surface area contributed by atoms with Gasteiger partial charge in [-0.15, -0.1) is 0 Å². The molecule has 0 radical (unpaired) electrons. The van der Waals surface area contributed by atoms with Gasteiger partial charge < -0.3 is 4.74 Å². The number of anilines is 1. The molecule has 0 aliphatic carbocycles. The Balaban J connectivity index is 2.06. The minimum absolute atomic E-state index is 0.0654. The number of nitro groups is 1. The van der Waals surface area contributed by atoms with E-state index in [2.05, 4.69) is 5.10 Å². The standard InChI is InChI=1S/C15H15N3O3/c1-17(13-7-9-15(21-2)10-8-13)16-11-12-3-5-14(6-4-12)18(19)20/h3-11H,1-2H3/b16-11+. The van der Waals surface area contributed by atoms with Crippen LogP contribution in [0.5, 0.6) is 5.75 Å². The topological polar surface area (TPSA) is 68.0 Å². The van der Waals surface area contributed by atoms with E-state index < -0.39 is 4.92 Å². The van der Waals surface area contributed by atoms with E-state index in [4.69, 9.17) is 4.74 Å². The summed E-state index contributed by atoms with van der Waals surface area (Å²) in [6.45, 7) is 0. The lowest BCUT2D eigenvalue weighted by Crippen LogP contribution is -2.08. The Morgan fingerprint density at radius 1 is 1.14 bits per heavy atom. The molecule has 0 saturated carbocycles. The lowest BCUT2D eigenvalue weighted by Gasteiger charge is -2.13. The Labute approximate surface area is 122 Å². The van der Waals surface area contributed by atoms with Crippen LogP contribution in [-0.4, -0.2) is 25.3 Å². The van der Waals surface area contributed by atoms with Crippen molar-refractivity contribution in [1.82, 2.24) is 0 Å². The first-order valence-corrected chi connectivity index (χ1v) is 6.26. The van der Waals surface area contributed by atoms with Crippen molar-refractivity contribution in [1.29, 1.82) is 0 Å². The van der Waals surface area contributed by atoms with E-state index >= 15 is 0 Å². The average Bonchev–Trinajstić information content (AvgIpc) is 2.53. The van der Waals surface area contributed by atoms with Crippen LogP contribution in [0, 0.1) is 10.1 Å². The quantitative estimate of drug-likeness (QED) is 0.481. The predicted molar refractivity (Wildman–Crippen MR) is 82.1 cm³/mol. The number of hydrogen-bond donors (Lipinski definition) is 0. The van der Waals surface area contributed by atoms with Gasteiger partial charge in [0.2, 0.25) is 0 Å². The summed E-state index contributed by atoms with van der Waals surface area (Å²) in [4.78, 5) is 10.1. The van der Waals surface area contributed by atoms with Gasteiger partial charge in [0, 0.05) is 19.2 Å². The van der Waals surface area contributed by atoms with Crippen LogP contribution in [0.25, 0.3) is 0 Å². The number of ether oxygens (including phenoxy) is 1. The van der Waals surface area contributed by atoms with Crippen molar-refractivity contribution in [2.75, 3.05) is 19.2 Å². The Kier molecular flexibility index (Phi) is 4.50. The van der Waals surface area contributed by atoms with Crippen LogP contribution in [-0.2, 0) is 0 Å². The van der Waals surface area contributed by atoms with Crippen LogP contribution in [0.1, 0.15) is 5.56 Å². The summed E-state index contributed by atoms with van der Waals surface area (Å²) >= 11 is 0. The summed E-state index contributed by atoms with van der Waals surface area (Å²) in [6, 6.07) is 13.7. The third-order valence-corrected chi connectivity index (χ3v) is 2.93. The SMILES string of the molecule is COc1ccc(N(C)/N=C/c2ccc([N+](=O)[O-])cc2)cc1. The first-order chi connectivity index (χ1) is 10.1. The van der Waals surface area contributed by atoms with Gasteiger partial charge in [-0.2, -0.15) is 5.10 Å². The summed E-state index contributed by atoms with van der Waals surface area (Å²) in [5.41, 5.74) is 1.77. The first kappa shape index (κ1) is 14.5. The van der Waals surface area contributed by atoms with Crippen LogP contribution in [0.2, 0.25) is 0 Å². The molecule has 0 fully saturated rings. The van der Waals surface area contributed by atoms with Crippen LogP contribution in [0.3, 0.4) is 0 Å². The van der Waals surface area contributed by atoms with Crippen molar-refractivity contribution in [3.63, 3.8) is 0 Å². The van der Waals surface area contributed by atoms with E-state index in [1.54, 1.807) is 30.5 Å². The lowest BCUT2D eigenvalue weighted by molar-refractivity contribution is -0.384. The van der Waals surface area contributed by atoms with Gasteiger partial charge in [-0.05, 0) is 42.0 Å². The second-order valence-corrected chi connectivity index (χ2v) is 4.31. The number of nitro benzene ring substituents is 1. The van der Waals surface area contributed by atoms with Crippen molar-refractivity contribution >= 4 is 17.6 Å². The Hall–Kier alpha value is -2.89. The van der Waals surface area contributed by atoms with Gasteiger partial charge in [0.1, 0.15) is 5.75 Å². The molecule has 6 heteroatoms. The minimum Gasteiger partial charge on any atom is -0.497 e. The molecule has 2 aromatic carbocycles.